The molecule has 0 saturated carbocycles. The fraction of sp³-hybridized carbons (Fsp3) is 0.541. The predicted molar refractivity (Wildman–Crippen MR) is 182 cm³/mol. The highest BCUT2D eigenvalue weighted by molar-refractivity contribution is 5.93. The number of aliphatic hydroxyl groups excluding tert-OH is 2. The van der Waals surface area contributed by atoms with Gasteiger partial charge in [-0.1, -0.05) is 12.1 Å². The van der Waals surface area contributed by atoms with Gasteiger partial charge >= 0.3 is 0 Å². The van der Waals surface area contributed by atoms with Crippen LogP contribution in [-0.4, -0.2) is 126 Å². The summed E-state index contributed by atoms with van der Waals surface area (Å²) in [6.45, 7) is 6.71. The lowest BCUT2D eigenvalue weighted by molar-refractivity contribution is -0.0968. The van der Waals surface area contributed by atoms with Crippen LogP contribution in [0.25, 0.3) is 11.0 Å². The number of benzene rings is 1. The molecule has 7 rings (SSSR count). The van der Waals surface area contributed by atoms with Gasteiger partial charge in [0.2, 0.25) is 0 Å². The SMILES string of the molecule is COC1=C2C[C@H]3C4C5=C(C[C@@H](CN3[C@@H](CNC(=O)c3cnc6ccccc6n3)C2C(O)C(OC)=C1C)N4C)C(OC)=C(C)C(C)(OC)C5O. The zero-order valence-electron chi connectivity index (χ0n) is 29.5. The molecule has 2 saturated heterocycles. The van der Waals surface area contributed by atoms with E-state index in [1.54, 1.807) is 28.4 Å². The van der Waals surface area contributed by atoms with Crippen LogP contribution in [0.4, 0.5) is 0 Å². The average molecular weight is 674 g/mol. The second kappa shape index (κ2) is 12.5. The molecule has 0 spiro atoms. The number of piperidine rings is 1. The molecule has 262 valence electrons. The molecule has 1 amide bonds. The molecule has 0 radical (unpaired) electrons. The zero-order valence-corrected chi connectivity index (χ0v) is 29.5. The van der Waals surface area contributed by atoms with E-state index < -0.39 is 23.7 Å². The lowest BCUT2D eigenvalue weighted by Crippen LogP contribution is -2.73. The molecule has 1 aromatic carbocycles. The molecule has 8 atom stereocenters. The number of ether oxygens (including phenoxy) is 4. The number of fused-ring (bicyclic) bond motifs is 7. The van der Waals surface area contributed by atoms with Gasteiger partial charge in [0.05, 0.1) is 44.6 Å². The summed E-state index contributed by atoms with van der Waals surface area (Å²) >= 11 is 0. The van der Waals surface area contributed by atoms with E-state index in [4.69, 9.17) is 18.9 Å². The van der Waals surface area contributed by atoms with Crippen molar-refractivity contribution in [3.05, 3.63) is 81.3 Å². The van der Waals surface area contributed by atoms with Crippen molar-refractivity contribution in [1.29, 1.82) is 0 Å². The van der Waals surface area contributed by atoms with Crippen LogP contribution in [0.1, 0.15) is 44.1 Å². The first-order valence-corrected chi connectivity index (χ1v) is 16.9. The zero-order chi connectivity index (χ0) is 34.9. The Labute approximate surface area is 287 Å². The van der Waals surface area contributed by atoms with E-state index in [1.807, 2.05) is 45.0 Å². The summed E-state index contributed by atoms with van der Waals surface area (Å²) in [6.07, 6.45) is 0.904. The highest BCUT2D eigenvalue weighted by atomic mass is 16.5. The number of methoxy groups -OCH3 is 4. The van der Waals surface area contributed by atoms with Crippen LogP contribution in [0.15, 0.2) is 75.6 Å². The number of carbonyl (C=O) groups is 1. The van der Waals surface area contributed by atoms with Crippen LogP contribution in [-0.2, 0) is 18.9 Å². The van der Waals surface area contributed by atoms with E-state index >= 15 is 0 Å². The number of aromatic nitrogens is 2. The average Bonchev–Trinajstić information content (AvgIpc) is 3.10. The highest BCUT2D eigenvalue weighted by Gasteiger charge is 2.59. The molecule has 5 unspecified atom stereocenters. The number of likely N-dealkylation sites (N-methyl/N-ethyl adjacent to an activating group) is 1. The Morgan fingerprint density at radius 2 is 1.76 bits per heavy atom. The molecule has 2 aliphatic carbocycles. The van der Waals surface area contributed by atoms with Crippen molar-refractivity contribution >= 4 is 16.9 Å². The molecule has 12 nitrogen and oxygen atoms in total. The summed E-state index contributed by atoms with van der Waals surface area (Å²) < 4.78 is 23.9. The van der Waals surface area contributed by atoms with Gasteiger partial charge in [0, 0.05) is 55.4 Å². The lowest BCUT2D eigenvalue weighted by atomic mass is 9.64. The maximum atomic E-state index is 13.7. The van der Waals surface area contributed by atoms with Crippen molar-refractivity contribution < 1.29 is 34.0 Å². The Morgan fingerprint density at radius 1 is 1.04 bits per heavy atom. The first kappa shape index (κ1) is 33.7. The quantitative estimate of drug-likeness (QED) is 0.400. The van der Waals surface area contributed by atoms with Crippen LogP contribution in [0.2, 0.25) is 0 Å². The first-order chi connectivity index (χ1) is 23.5. The third kappa shape index (κ3) is 4.94. The number of rotatable bonds is 7. The molecule has 2 bridgehead atoms. The molecule has 5 aliphatic rings. The smallest absolute Gasteiger partial charge is 0.271 e. The van der Waals surface area contributed by atoms with Gasteiger partial charge in [-0.3, -0.25) is 19.6 Å². The fourth-order valence-corrected chi connectivity index (χ4v) is 9.35. The summed E-state index contributed by atoms with van der Waals surface area (Å²) in [4.78, 5) is 27.5. The van der Waals surface area contributed by atoms with Crippen LogP contribution in [0.3, 0.4) is 0 Å². The van der Waals surface area contributed by atoms with Crippen molar-refractivity contribution in [2.45, 2.75) is 75.6 Å². The topological polar surface area (TPSA) is 139 Å². The summed E-state index contributed by atoms with van der Waals surface area (Å²) in [6, 6.07) is 6.87. The van der Waals surface area contributed by atoms with Crippen molar-refractivity contribution in [1.82, 2.24) is 25.1 Å². The minimum Gasteiger partial charge on any atom is -0.498 e. The second-order valence-corrected chi connectivity index (χ2v) is 14.0. The molecule has 12 heteroatoms. The van der Waals surface area contributed by atoms with Crippen LogP contribution in [0, 0.1) is 5.92 Å². The van der Waals surface area contributed by atoms with Crippen LogP contribution >= 0.6 is 0 Å². The Morgan fingerprint density at radius 3 is 2.43 bits per heavy atom. The van der Waals surface area contributed by atoms with E-state index in [2.05, 4.69) is 32.1 Å². The summed E-state index contributed by atoms with van der Waals surface area (Å²) in [7, 11) is 8.65. The molecule has 3 aliphatic heterocycles. The number of allylic oxidation sites excluding steroid dienone is 2. The highest BCUT2D eigenvalue weighted by Crippen LogP contribution is 2.53. The van der Waals surface area contributed by atoms with Gasteiger partial charge in [0.1, 0.15) is 40.8 Å². The maximum Gasteiger partial charge on any atom is 0.271 e. The van der Waals surface area contributed by atoms with Gasteiger partial charge < -0.3 is 34.5 Å². The van der Waals surface area contributed by atoms with Crippen molar-refractivity contribution in [2.24, 2.45) is 5.92 Å². The number of aliphatic hydroxyl groups is 2. The number of hydrogen-bond acceptors (Lipinski definition) is 11. The molecule has 4 heterocycles. The van der Waals surface area contributed by atoms with E-state index in [1.165, 1.54) is 6.20 Å². The monoisotopic (exact) mass is 673 g/mol. The Kier molecular flexibility index (Phi) is 8.59. The van der Waals surface area contributed by atoms with Crippen LogP contribution < -0.4 is 5.32 Å². The molecular weight excluding hydrogens is 626 g/mol. The molecule has 2 aromatic rings. The van der Waals surface area contributed by atoms with Crippen molar-refractivity contribution in [2.75, 3.05) is 48.6 Å². The predicted octanol–water partition coefficient (Wildman–Crippen LogP) is 2.70. The number of hydrogen-bond donors (Lipinski definition) is 3. The number of nitrogens with one attached hydrogen (secondary N) is 1. The molecular formula is C37H47N5O7. The number of amides is 1. The standard InChI is InChI=1S/C37H47N5O7/c1-18-32(46-5)22-14-26-30-29-21(34(48-7)19(2)37(3,49-8)35(29)44)13-20(41(30)4)17-42(26)27(28(22)31(43)33(18)47-6)16-39-36(45)25-15-38-23-11-9-10-12-24(23)40-25/h9-12,15,20,26-28,30-31,35,43-44H,13-14,16-17H2,1-8H3,(H,39,45)/t20-,26-,27-,28?,30?,31?,35?,37?/m0/s1. The molecule has 49 heavy (non-hydrogen) atoms. The number of para-hydroxylation sites is 2. The van der Waals surface area contributed by atoms with Gasteiger partial charge in [-0.2, -0.15) is 0 Å². The minimum atomic E-state index is -0.976. The van der Waals surface area contributed by atoms with E-state index in [9.17, 15) is 15.0 Å². The molecule has 1 aromatic heterocycles. The third-order valence-electron chi connectivity index (χ3n) is 12.0. The van der Waals surface area contributed by atoms with Gasteiger partial charge in [-0.15, -0.1) is 0 Å². The molecule has 2 fully saturated rings. The van der Waals surface area contributed by atoms with Crippen molar-refractivity contribution in [3.63, 3.8) is 0 Å². The van der Waals surface area contributed by atoms with Gasteiger partial charge in [-0.25, -0.2) is 4.98 Å². The number of nitrogens with zero attached hydrogens (tertiary/aromatic N) is 4. The largest absolute Gasteiger partial charge is 0.498 e. The summed E-state index contributed by atoms with van der Waals surface area (Å²) in [5.74, 6) is 1.18. The lowest BCUT2D eigenvalue weighted by Gasteiger charge is -2.62. The van der Waals surface area contributed by atoms with E-state index in [0.29, 0.717) is 41.9 Å². The van der Waals surface area contributed by atoms with Gasteiger partial charge in [0.25, 0.3) is 5.91 Å². The van der Waals surface area contributed by atoms with E-state index in [-0.39, 0.29) is 42.3 Å². The minimum absolute atomic E-state index is 0.0916. The number of carbonyl (C=O) groups excluding carboxylic acids is 1. The Hall–Kier alpha value is -3.81. The number of piperazine rings is 1. The van der Waals surface area contributed by atoms with E-state index in [0.717, 1.165) is 33.6 Å². The Balaban J connectivity index is 1.32. The third-order valence-corrected chi connectivity index (χ3v) is 12.0. The van der Waals surface area contributed by atoms with Gasteiger partial charge in [0.15, 0.2) is 0 Å². The maximum absolute atomic E-state index is 13.7. The van der Waals surface area contributed by atoms with Gasteiger partial charge in [-0.05, 0) is 69.5 Å². The van der Waals surface area contributed by atoms with Crippen LogP contribution in [0.5, 0.6) is 0 Å². The first-order valence-electron chi connectivity index (χ1n) is 16.9. The second-order valence-electron chi connectivity index (χ2n) is 14.0. The normalized spacial score (nSPS) is 33.3. The summed E-state index contributed by atoms with van der Waals surface area (Å²) in [5.41, 5.74) is 5.13. The summed E-state index contributed by atoms with van der Waals surface area (Å²) in [5, 5.41) is 27.3. The Bertz CT molecular complexity index is 1820. The van der Waals surface area contributed by atoms with Crippen molar-refractivity contribution in [3.8, 4) is 0 Å². The fourth-order valence-electron chi connectivity index (χ4n) is 9.35. The molecule has 3 N–H and O–H groups in total.